The summed E-state index contributed by atoms with van der Waals surface area (Å²) in [5, 5.41) is 8.61. The Bertz CT molecular complexity index is 121. The minimum Gasteiger partial charge on any atom is -0.396 e. The molecule has 0 aliphatic carbocycles. The quantitative estimate of drug-likeness (QED) is 0.607. The smallest absolute Gasteiger partial charge is 0.0431 e. The summed E-state index contributed by atoms with van der Waals surface area (Å²) in [6.07, 6.45) is 10.4. The van der Waals surface area contributed by atoms with E-state index in [4.69, 9.17) is 5.11 Å². The van der Waals surface area contributed by atoms with Gasteiger partial charge >= 0.3 is 0 Å². The van der Waals surface area contributed by atoms with Gasteiger partial charge in [0.05, 0.1) is 0 Å². The van der Waals surface area contributed by atoms with Crippen molar-refractivity contribution in [1.29, 1.82) is 0 Å². The third kappa shape index (κ3) is 5.61. The number of hydrogen-bond acceptors (Lipinski definition) is 2. The topological polar surface area (TPSA) is 23.5 Å². The summed E-state index contributed by atoms with van der Waals surface area (Å²) in [6, 6.07) is 0. The number of rotatable bonds is 8. The third-order valence-corrected chi connectivity index (χ3v) is 3.08. The molecule has 1 N–H and O–H groups in total. The fourth-order valence-corrected chi connectivity index (χ4v) is 2.16. The summed E-state index contributed by atoms with van der Waals surface area (Å²) in [5.41, 5.74) is 0. The van der Waals surface area contributed by atoms with Gasteiger partial charge in [-0.2, -0.15) is 0 Å². The van der Waals surface area contributed by atoms with E-state index in [-0.39, 0.29) is 0 Å². The maximum absolute atomic E-state index is 8.61. The molecule has 0 atom stereocenters. The highest BCUT2D eigenvalue weighted by Gasteiger charge is 2.09. The lowest BCUT2D eigenvalue weighted by molar-refractivity contribution is 0.281. The van der Waals surface area contributed by atoms with Crippen molar-refractivity contribution >= 4 is 0 Å². The Balaban J connectivity index is 1.75. The number of unbranched alkanes of at least 4 members (excludes halogenated alkanes) is 5. The van der Waals surface area contributed by atoms with Crippen LogP contribution in [0.4, 0.5) is 0 Å². The summed E-state index contributed by atoms with van der Waals surface area (Å²) < 4.78 is 0. The van der Waals surface area contributed by atoms with E-state index in [9.17, 15) is 0 Å². The molecule has 0 bridgehead atoms. The molecule has 0 aromatic rings. The lowest BCUT2D eigenvalue weighted by Gasteiger charge is -2.13. The van der Waals surface area contributed by atoms with Gasteiger partial charge < -0.3 is 10.0 Å². The Kier molecular flexibility index (Phi) is 7.06. The first-order valence-corrected chi connectivity index (χ1v) is 6.26. The van der Waals surface area contributed by atoms with Gasteiger partial charge in [0.25, 0.3) is 0 Å². The maximum atomic E-state index is 8.61. The second kappa shape index (κ2) is 8.25. The molecule has 2 nitrogen and oxygen atoms in total. The molecule has 1 heterocycles. The second-order valence-electron chi connectivity index (χ2n) is 4.39. The van der Waals surface area contributed by atoms with Crippen molar-refractivity contribution in [3.8, 4) is 0 Å². The highest BCUT2D eigenvalue weighted by Crippen LogP contribution is 2.10. The van der Waals surface area contributed by atoms with E-state index >= 15 is 0 Å². The van der Waals surface area contributed by atoms with E-state index < -0.39 is 0 Å². The van der Waals surface area contributed by atoms with Gasteiger partial charge in [-0.15, -0.1) is 0 Å². The van der Waals surface area contributed by atoms with Gasteiger partial charge in [-0.1, -0.05) is 25.7 Å². The van der Waals surface area contributed by atoms with Gasteiger partial charge in [-0.05, 0) is 45.3 Å². The van der Waals surface area contributed by atoms with Crippen LogP contribution in [0.1, 0.15) is 51.4 Å². The normalized spacial score (nSPS) is 17.8. The zero-order chi connectivity index (χ0) is 10.1. The van der Waals surface area contributed by atoms with Crippen molar-refractivity contribution in [2.75, 3.05) is 26.2 Å². The van der Waals surface area contributed by atoms with Crippen molar-refractivity contribution in [3.05, 3.63) is 0 Å². The molecular weight excluding hydrogens is 174 g/mol. The SMILES string of the molecule is OCCCCCCCCN1CCCC1. The van der Waals surface area contributed by atoms with Crippen molar-refractivity contribution in [2.24, 2.45) is 0 Å². The molecule has 1 rings (SSSR count). The molecule has 0 aromatic heterocycles. The first-order valence-electron chi connectivity index (χ1n) is 6.26. The van der Waals surface area contributed by atoms with Gasteiger partial charge in [0.1, 0.15) is 0 Å². The monoisotopic (exact) mass is 199 g/mol. The molecule has 0 unspecified atom stereocenters. The van der Waals surface area contributed by atoms with Gasteiger partial charge in [0.15, 0.2) is 0 Å². The van der Waals surface area contributed by atoms with E-state index in [1.165, 1.54) is 64.6 Å². The van der Waals surface area contributed by atoms with Crippen LogP contribution in [0, 0.1) is 0 Å². The molecule has 14 heavy (non-hydrogen) atoms. The Morgan fingerprint density at radius 3 is 2.00 bits per heavy atom. The Morgan fingerprint density at radius 2 is 1.36 bits per heavy atom. The summed E-state index contributed by atoms with van der Waals surface area (Å²) in [5.74, 6) is 0. The van der Waals surface area contributed by atoms with E-state index in [0.717, 1.165) is 6.42 Å². The fraction of sp³-hybridized carbons (Fsp3) is 1.00. The molecule has 0 amide bonds. The molecule has 1 saturated heterocycles. The second-order valence-corrected chi connectivity index (χ2v) is 4.39. The minimum atomic E-state index is 0.369. The molecule has 1 aliphatic rings. The van der Waals surface area contributed by atoms with Crippen LogP contribution >= 0.6 is 0 Å². The largest absolute Gasteiger partial charge is 0.396 e. The third-order valence-electron chi connectivity index (χ3n) is 3.08. The summed E-state index contributed by atoms with van der Waals surface area (Å²) in [4.78, 5) is 2.59. The van der Waals surface area contributed by atoms with Crippen molar-refractivity contribution in [2.45, 2.75) is 51.4 Å². The highest BCUT2D eigenvalue weighted by atomic mass is 16.2. The van der Waals surface area contributed by atoms with E-state index in [1.807, 2.05) is 0 Å². The number of aliphatic hydroxyl groups is 1. The average Bonchev–Trinajstić information content (AvgIpc) is 2.69. The molecule has 0 aromatic carbocycles. The van der Waals surface area contributed by atoms with E-state index in [0.29, 0.717) is 6.61 Å². The van der Waals surface area contributed by atoms with Crippen molar-refractivity contribution in [1.82, 2.24) is 4.90 Å². The maximum Gasteiger partial charge on any atom is 0.0431 e. The standard InChI is InChI=1S/C12H25NO/c14-12-8-4-2-1-3-5-9-13-10-6-7-11-13/h14H,1-12H2. The molecule has 2 heteroatoms. The van der Waals surface area contributed by atoms with E-state index in [1.54, 1.807) is 0 Å². The van der Waals surface area contributed by atoms with Crippen LogP contribution in [0.3, 0.4) is 0 Å². The molecule has 1 aliphatic heterocycles. The summed E-state index contributed by atoms with van der Waals surface area (Å²) in [7, 11) is 0. The van der Waals surface area contributed by atoms with Crippen LogP contribution < -0.4 is 0 Å². The predicted molar refractivity (Wildman–Crippen MR) is 60.5 cm³/mol. The van der Waals surface area contributed by atoms with Gasteiger partial charge in [-0.3, -0.25) is 0 Å². The Hall–Kier alpha value is -0.0800. The number of aliphatic hydroxyl groups excluding tert-OH is 1. The van der Waals surface area contributed by atoms with Crippen LogP contribution in [-0.2, 0) is 0 Å². The summed E-state index contributed by atoms with van der Waals surface area (Å²) >= 11 is 0. The predicted octanol–water partition coefficient (Wildman–Crippen LogP) is 2.42. The lowest BCUT2D eigenvalue weighted by Crippen LogP contribution is -2.20. The molecule has 0 radical (unpaired) electrons. The Labute approximate surface area is 88.3 Å². The molecule has 84 valence electrons. The van der Waals surface area contributed by atoms with E-state index in [2.05, 4.69) is 4.90 Å². The lowest BCUT2D eigenvalue weighted by atomic mass is 10.1. The van der Waals surface area contributed by atoms with Gasteiger partial charge in [0.2, 0.25) is 0 Å². The molecule has 0 spiro atoms. The first kappa shape index (κ1) is 12.0. The minimum absolute atomic E-state index is 0.369. The molecule has 0 saturated carbocycles. The molecule has 1 fully saturated rings. The van der Waals surface area contributed by atoms with Crippen LogP contribution in [0.25, 0.3) is 0 Å². The average molecular weight is 199 g/mol. The van der Waals surface area contributed by atoms with Gasteiger partial charge in [-0.25, -0.2) is 0 Å². The van der Waals surface area contributed by atoms with Gasteiger partial charge in [0, 0.05) is 6.61 Å². The van der Waals surface area contributed by atoms with Crippen molar-refractivity contribution < 1.29 is 5.11 Å². The Morgan fingerprint density at radius 1 is 0.786 bits per heavy atom. The van der Waals surface area contributed by atoms with Crippen LogP contribution in [0.5, 0.6) is 0 Å². The van der Waals surface area contributed by atoms with Crippen LogP contribution in [-0.4, -0.2) is 36.2 Å². The first-order chi connectivity index (χ1) is 6.93. The fourth-order valence-electron chi connectivity index (χ4n) is 2.16. The highest BCUT2D eigenvalue weighted by molar-refractivity contribution is 4.65. The van der Waals surface area contributed by atoms with Crippen LogP contribution in [0.2, 0.25) is 0 Å². The summed E-state index contributed by atoms with van der Waals surface area (Å²) in [6.45, 7) is 4.36. The zero-order valence-corrected chi connectivity index (χ0v) is 9.38. The zero-order valence-electron chi connectivity index (χ0n) is 9.38. The molecular formula is C12H25NO. The number of likely N-dealkylation sites (tertiary alicyclic amines) is 1. The van der Waals surface area contributed by atoms with Crippen molar-refractivity contribution in [3.63, 3.8) is 0 Å². The number of nitrogens with zero attached hydrogens (tertiary/aromatic N) is 1. The van der Waals surface area contributed by atoms with Crippen LogP contribution in [0.15, 0.2) is 0 Å². The number of hydrogen-bond donors (Lipinski definition) is 1.